The van der Waals surface area contributed by atoms with Crippen LogP contribution in [0.4, 0.5) is 0 Å². The van der Waals surface area contributed by atoms with Crippen molar-refractivity contribution in [3.63, 3.8) is 0 Å². The summed E-state index contributed by atoms with van der Waals surface area (Å²) in [5, 5.41) is 13.1. The first-order chi connectivity index (χ1) is 8.50. The van der Waals surface area contributed by atoms with E-state index < -0.39 is 5.97 Å². The Kier molecular flexibility index (Phi) is 6.47. The van der Waals surface area contributed by atoms with Gasteiger partial charge < -0.3 is 10.4 Å². The summed E-state index contributed by atoms with van der Waals surface area (Å²) in [6, 6.07) is 5.56. The molecule has 100 valence electrons. The van der Waals surface area contributed by atoms with E-state index in [1.165, 1.54) is 0 Å². The zero-order valence-electron chi connectivity index (χ0n) is 10.2. The van der Waals surface area contributed by atoms with E-state index in [1.54, 1.807) is 6.07 Å². The summed E-state index contributed by atoms with van der Waals surface area (Å²) in [5.41, 5.74) is 0.999. The average molecular weight is 290 g/mol. The molecule has 0 saturated heterocycles. The van der Waals surface area contributed by atoms with Crippen LogP contribution in [-0.2, 0) is 4.79 Å². The number of halogens is 2. The van der Waals surface area contributed by atoms with Gasteiger partial charge in [-0.25, -0.2) is 0 Å². The maximum atomic E-state index is 10.3. The maximum Gasteiger partial charge on any atom is 0.303 e. The average Bonchev–Trinajstić information content (AvgIpc) is 2.27. The van der Waals surface area contributed by atoms with Crippen LogP contribution in [0.5, 0.6) is 0 Å². The van der Waals surface area contributed by atoms with Crippen molar-refractivity contribution in [3.8, 4) is 0 Å². The van der Waals surface area contributed by atoms with Crippen LogP contribution < -0.4 is 5.32 Å². The van der Waals surface area contributed by atoms with E-state index in [4.69, 9.17) is 28.3 Å². The second kappa shape index (κ2) is 7.62. The zero-order valence-corrected chi connectivity index (χ0v) is 11.8. The molecule has 0 amide bonds. The van der Waals surface area contributed by atoms with Gasteiger partial charge in [0, 0.05) is 22.5 Å². The van der Waals surface area contributed by atoms with E-state index in [-0.39, 0.29) is 12.5 Å². The number of rotatable bonds is 7. The third-order valence-corrected chi connectivity index (χ3v) is 3.26. The highest BCUT2D eigenvalue weighted by atomic mass is 35.5. The number of nitrogens with one attached hydrogen (secondary N) is 1. The standard InChI is InChI=1S/C13H17Cl2NO2/c1-9(16-7-3-2-4-13(17)18)11-6-5-10(14)8-12(11)15/h5-6,8-9,16H,2-4,7H2,1H3,(H,17,18). The number of carboxylic acids is 1. The molecule has 2 N–H and O–H groups in total. The highest BCUT2D eigenvalue weighted by Crippen LogP contribution is 2.25. The van der Waals surface area contributed by atoms with Gasteiger partial charge in [0.2, 0.25) is 0 Å². The summed E-state index contributed by atoms with van der Waals surface area (Å²) in [4.78, 5) is 10.3. The fourth-order valence-electron chi connectivity index (χ4n) is 1.68. The van der Waals surface area contributed by atoms with Gasteiger partial charge in [0.15, 0.2) is 0 Å². The first-order valence-corrected chi connectivity index (χ1v) is 6.66. The molecule has 0 aliphatic carbocycles. The number of hydrogen-bond donors (Lipinski definition) is 2. The number of unbranched alkanes of at least 4 members (excludes halogenated alkanes) is 1. The molecule has 0 aliphatic rings. The number of aliphatic carboxylic acids is 1. The van der Waals surface area contributed by atoms with Crippen LogP contribution in [0.1, 0.15) is 37.8 Å². The Hall–Kier alpha value is -0.770. The lowest BCUT2D eigenvalue weighted by Gasteiger charge is -2.15. The van der Waals surface area contributed by atoms with Crippen LogP contribution in [0.25, 0.3) is 0 Å². The van der Waals surface area contributed by atoms with E-state index in [0.29, 0.717) is 16.5 Å². The quantitative estimate of drug-likeness (QED) is 0.749. The highest BCUT2D eigenvalue weighted by molar-refractivity contribution is 6.35. The fourth-order valence-corrected chi connectivity index (χ4v) is 2.25. The van der Waals surface area contributed by atoms with Crippen LogP contribution in [0.15, 0.2) is 18.2 Å². The van der Waals surface area contributed by atoms with E-state index in [9.17, 15) is 4.79 Å². The molecule has 1 aromatic carbocycles. The minimum Gasteiger partial charge on any atom is -0.481 e. The van der Waals surface area contributed by atoms with Crippen molar-refractivity contribution in [2.45, 2.75) is 32.2 Å². The number of carboxylic acid groups (broad SMARTS) is 1. The molecule has 1 unspecified atom stereocenters. The van der Waals surface area contributed by atoms with Gasteiger partial charge in [-0.05, 0) is 44.0 Å². The van der Waals surface area contributed by atoms with E-state index in [0.717, 1.165) is 18.5 Å². The molecular weight excluding hydrogens is 273 g/mol. The molecule has 0 radical (unpaired) electrons. The molecule has 3 nitrogen and oxygen atoms in total. The second-order valence-electron chi connectivity index (χ2n) is 4.19. The first-order valence-electron chi connectivity index (χ1n) is 5.91. The second-order valence-corrected chi connectivity index (χ2v) is 5.04. The third-order valence-electron chi connectivity index (χ3n) is 2.70. The lowest BCUT2D eigenvalue weighted by molar-refractivity contribution is -0.137. The van der Waals surface area contributed by atoms with Gasteiger partial charge in [0.25, 0.3) is 0 Å². The van der Waals surface area contributed by atoms with Crippen molar-refractivity contribution in [2.75, 3.05) is 6.54 Å². The summed E-state index contributed by atoms with van der Waals surface area (Å²) < 4.78 is 0. The van der Waals surface area contributed by atoms with Crippen molar-refractivity contribution in [1.29, 1.82) is 0 Å². The molecule has 1 atom stereocenters. The topological polar surface area (TPSA) is 49.3 Å². The molecule has 0 spiro atoms. The number of carbonyl (C=O) groups is 1. The van der Waals surface area contributed by atoms with Crippen LogP contribution >= 0.6 is 23.2 Å². The van der Waals surface area contributed by atoms with Crippen molar-refractivity contribution in [2.24, 2.45) is 0 Å². The van der Waals surface area contributed by atoms with Crippen molar-refractivity contribution in [1.82, 2.24) is 5.32 Å². The van der Waals surface area contributed by atoms with Crippen LogP contribution in [0, 0.1) is 0 Å². The number of hydrogen-bond acceptors (Lipinski definition) is 2. The third kappa shape index (κ3) is 5.25. The molecule has 0 fully saturated rings. The summed E-state index contributed by atoms with van der Waals surface area (Å²) in [5.74, 6) is -0.746. The summed E-state index contributed by atoms with van der Waals surface area (Å²) in [6.45, 7) is 2.79. The maximum absolute atomic E-state index is 10.3. The van der Waals surface area contributed by atoms with E-state index in [2.05, 4.69) is 5.32 Å². The summed E-state index contributed by atoms with van der Waals surface area (Å²) in [6.07, 6.45) is 1.74. The van der Waals surface area contributed by atoms with Gasteiger partial charge in [-0.1, -0.05) is 29.3 Å². The smallest absolute Gasteiger partial charge is 0.303 e. The fraction of sp³-hybridized carbons (Fsp3) is 0.462. The predicted molar refractivity (Wildman–Crippen MR) is 74.4 cm³/mol. The molecule has 0 bridgehead atoms. The predicted octanol–water partition coefficient (Wildman–Crippen LogP) is 3.90. The minimum atomic E-state index is -0.746. The van der Waals surface area contributed by atoms with E-state index in [1.807, 2.05) is 19.1 Å². The lowest BCUT2D eigenvalue weighted by Crippen LogP contribution is -2.20. The molecular formula is C13H17Cl2NO2. The molecule has 0 aromatic heterocycles. The van der Waals surface area contributed by atoms with Gasteiger partial charge in [0.05, 0.1) is 0 Å². The van der Waals surface area contributed by atoms with Crippen molar-refractivity contribution in [3.05, 3.63) is 33.8 Å². The van der Waals surface area contributed by atoms with Crippen molar-refractivity contribution < 1.29 is 9.90 Å². The van der Waals surface area contributed by atoms with Gasteiger partial charge >= 0.3 is 5.97 Å². The Morgan fingerprint density at radius 3 is 2.72 bits per heavy atom. The Morgan fingerprint density at radius 2 is 2.11 bits per heavy atom. The summed E-state index contributed by atoms with van der Waals surface area (Å²) >= 11 is 11.9. The van der Waals surface area contributed by atoms with Gasteiger partial charge in [-0.3, -0.25) is 4.79 Å². The molecule has 0 heterocycles. The van der Waals surface area contributed by atoms with Gasteiger partial charge in [-0.15, -0.1) is 0 Å². The summed E-state index contributed by atoms with van der Waals surface area (Å²) in [7, 11) is 0. The Labute approximate surface area is 117 Å². The number of benzene rings is 1. The minimum absolute atomic E-state index is 0.125. The van der Waals surface area contributed by atoms with Crippen LogP contribution in [-0.4, -0.2) is 17.6 Å². The molecule has 1 rings (SSSR count). The van der Waals surface area contributed by atoms with Crippen LogP contribution in [0.2, 0.25) is 10.0 Å². The van der Waals surface area contributed by atoms with E-state index >= 15 is 0 Å². The zero-order chi connectivity index (χ0) is 13.5. The molecule has 1 aromatic rings. The monoisotopic (exact) mass is 289 g/mol. The SMILES string of the molecule is CC(NCCCCC(=O)O)c1ccc(Cl)cc1Cl. The molecule has 5 heteroatoms. The largest absolute Gasteiger partial charge is 0.481 e. The Bertz CT molecular complexity index is 410. The highest BCUT2D eigenvalue weighted by Gasteiger charge is 2.09. The van der Waals surface area contributed by atoms with Crippen LogP contribution in [0.3, 0.4) is 0 Å². The Balaban J connectivity index is 2.36. The van der Waals surface area contributed by atoms with Gasteiger partial charge in [0.1, 0.15) is 0 Å². The molecule has 18 heavy (non-hydrogen) atoms. The molecule has 0 saturated carbocycles. The first kappa shape index (κ1) is 15.3. The van der Waals surface area contributed by atoms with Gasteiger partial charge in [-0.2, -0.15) is 0 Å². The Morgan fingerprint density at radius 1 is 1.39 bits per heavy atom. The normalized spacial score (nSPS) is 12.4. The molecule has 0 aliphatic heterocycles. The lowest BCUT2D eigenvalue weighted by atomic mass is 10.1. The van der Waals surface area contributed by atoms with Crippen molar-refractivity contribution >= 4 is 29.2 Å².